The molecule has 3 nitrogen and oxygen atoms in total. The monoisotopic (exact) mass is 283 g/mol. The first-order valence-corrected chi connectivity index (χ1v) is 6.66. The summed E-state index contributed by atoms with van der Waals surface area (Å²) in [5, 5.41) is 1.10. The molecule has 2 aromatic rings. The number of nitrogens with one attached hydrogen (secondary N) is 1. The Bertz CT molecular complexity index is 523. The predicted octanol–water partition coefficient (Wildman–Crippen LogP) is 3.66. The molecule has 0 saturated carbocycles. The molecular formula is C13H15Cl2N3. The molecule has 0 aliphatic rings. The van der Waals surface area contributed by atoms with Crippen LogP contribution < -0.4 is 5.73 Å². The van der Waals surface area contributed by atoms with Crippen LogP contribution in [0.25, 0.3) is 11.3 Å². The summed E-state index contributed by atoms with van der Waals surface area (Å²) in [6.07, 6.45) is 4.73. The van der Waals surface area contributed by atoms with E-state index < -0.39 is 0 Å². The topological polar surface area (TPSA) is 54.7 Å². The molecule has 2 rings (SSSR count). The zero-order valence-electron chi connectivity index (χ0n) is 9.92. The molecule has 0 atom stereocenters. The molecule has 5 heteroatoms. The third kappa shape index (κ3) is 3.05. The van der Waals surface area contributed by atoms with Crippen LogP contribution in [0.5, 0.6) is 0 Å². The number of halogens is 2. The van der Waals surface area contributed by atoms with Gasteiger partial charge in [0.2, 0.25) is 0 Å². The summed E-state index contributed by atoms with van der Waals surface area (Å²) in [5.74, 6) is 0.953. The van der Waals surface area contributed by atoms with Crippen molar-refractivity contribution in [1.29, 1.82) is 0 Å². The smallest absolute Gasteiger partial charge is 0.106 e. The molecule has 3 N–H and O–H groups in total. The van der Waals surface area contributed by atoms with E-state index in [4.69, 9.17) is 28.9 Å². The highest BCUT2D eigenvalue weighted by atomic mass is 35.5. The Labute approximate surface area is 116 Å². The summed E-state index contributed by atoms with van der Waals surface area (Å²) in [4.78, 5) is 7.60. The Morgan fingerprint density at radius 1 is 1.22 bits per heavy atom. The van der Waals surface area contributed by atoms with Gasteiger partial charge in [0, 0.05) is 12.0 Å². The van der Waals surface area contributed by atoms with Gasteiger partial charge >= 0.3 is 0 Å². The molecule has 1 aromatic carbocycles. The average Bonchev–Trinajstić information content (AvgIpc) is 2.82. The average molecular weight is 284 g/mol. The number of benzene rings is 1. The highest BCUT2D eigenvalue weighted by Gasteiger charge is 2.09. The predicted molar refractivity (Wildman–Crippen MR) is 76.0 cm³/mol. The maximum atomic E-state index is 6.17. The van der Waals surface area contributed by atoms with Crippen molar-refractivity contribution in [2.24, 2.45) is 5.73 Å². The van der Waals surface area contributed by atoms with Gasteiger partial charge in [0.1, 0.15) is 5.82 Å². The van der Waals surface area contributed by atoms with Crippen molar-refractivity contribution in [3.05, 3.63) is 40.3 Å². The fourth-order valence-electron chi connectivity index (χ4n) is 1.77. The summed E-state index contributed by atoms with van der Waals surface area (Å²) < 4.78 is 0. The van der Waals surface area contributed by atoms with E-state index in [2.05, 4.69) is 9.97 Å². The molecule has 1 aromatic heterocycles. The van der Waals surface area contributed by atoms with Crippen molar-refractivity contribution in [3.63, 3.8) is 0 Å². The Morgan fingerprint density at radius 3 is 2.83 bits per heavy atom. The molecule has 0 aliphatic heterocycles. The number of H-pyrrole nitrogens is 1. The molecule has 0 spiro atoms. The van der Waals surface area contributed by atoms with Gasteiger partial charge in [-0.3, -0.25) is 0 Å². The maximum Gasteiger partial charge on any atom is 0.106 e. The molecule has 1 heterocycles. The molecule has 96 valence electrons. The van der Waals surface area contributed by atoms with Crippen molar-refractivity contribution < 1.29 is 0 Å². The van der Waals surface area contributed by atoms with Crippen LogP contribution in [0.15, 0.2) is 24.4 Å². The fraction of sp³-hybridized carbons (Fsp3) is 0.308. The molecule has 18 heavy (non-hydrogen) atoms. The SMILES string of the molecule is NCCCCc1ncc(-c2cccc(Cl)c2Cl)[nH]1. The molecular weight excluding hydrogens is 269 g/mol. The fourth-order valence-corrected chi connectivity index (χ4v) is 2.18. The first-order valence-electron chi connectivity index (χ1n) is 5.90. The van der Waals surface area contributed by atoms with Crippen LogP contribution in [-0.4, -0.2) is 16.5 Å². The van der Waals surface area contributed by atoms with E-state index >= 15 is 0 Å². The second-order valence-electron chi connectivity index (χ2n) is 4.09. The number of hydrogen-bond donors (Lipinski definition) is 2. The summed E-state index contributed by atoms with van der Waals surface area (Å²) in [7, 11) is 0. The van der Waals surface area contributed by atoms with Crippen LogP contribution in [-0.2, 0) is 6.42 Å². The van der Waals surface area contributed by atoms with Crippen molar-refractivity contribution in [3.8, 4) is 11.3 Å². The molecule has 0 saturated heterocycles. The quantitative estimate of drug-likeness (QED) is 0.823. The zero-order valence-corrected chi connectivity index (χ0v) is 11.4. The number of aryl methyl sites for hydroxylation is 1. The van der Waals surface area contributed by atoms with Crippen LogP contribution in [0.4, 0.5) is 0 Å². The molecule has 0 aliphatic carbocycles. The van der Waals surface area contributed by atoms with Gasteiger partial charge in [0.05, 0.1) is 21.9 Å². The first kappa shape index (κ1) is 13.4. The number of aromatic nitrogens is 2. The van der Waals surface area contributed by atoms with E-state index in [-0.39, 0.29) is 0 Å². The van der Waals surface area contributed by atoms with E-state index in [1.165, 1.54) is 0 Å². The van der Waals surface area contributed by atoms with E-state index in [1.807, 2.05) is 12.1 Å². The number of hydrogen-bond acceptors (Lipinski definition) is 2. The Hall–Kier alpha value is -1.03. The number of imidazole rings is 1. The largest absolute Gasteiger partial charge is 0.342 e. The van der Waals surface area contributed by atoms with Crippen LogP contribution in [0.2, 0.25) is 10.0 Å². The molecule has 0 unspecified atom stereocenters. The number of aromatic amines is 1. The van der Waals surface area contributed by atoms with Gasteiger partial charge in [-0.1, -0.05) is 35.3 Å². The van der Waals surface area contributed by atoms with Gasteiger partial charge in [0.15, 0.2) is 0 Å². The summed E-state index contributed by atoms with van der Waals surface area (Å²) in [6.45, 7) is 0.716. The lowest BCUT2D eigenvalue weighted by molar-refractivity contribution is 0.723. The highest BCUT2D eigenvalue weighted by molar-refractivity contribution is 6.43. The van der Waals surface area contributed by atoms with E-state index in [0.29, 0.717) is 16.6 Å². The van der Waals surface area contributed by atoms with Crippen LogP contribution in [0.1, 0.15) is 18.7 Å². The molecule has 0 bridgehead atoms. The summed E-state index contributed by atoms with van der Waals surface area (Å²) in [6, 6.07) is 5.57. The van der Waals surface area contributed by atoms with Gasteiger partial charge < -0.3 is 10.7 Å². The van der Waals surface area contributed by atoms with Gasteiger partial charge in [-0.25, -0.2) is 4.98 Å². The highest BCUT2D eigenvalue weighted by Crippen LogP contribution is 2.32. The standard InChI is InChI=1S/C13H15Cl2N3/c14-10-5-3-4-9(13(10)15)11-8-17-12(18-11)6-1-2-7-16/h3-5,8H,1-2,6-7,16H2,(H,17,18). The van der Waals surface area contributed by atoms with E-state index in [1.54, 1.807) is 12.3 Å². The lowest BCUT2D eigenvalue weighted by atomic mass is 10.2. The Balaban J connectivity index is 2.16. The van der Waals surface area contributed by atoms with Gasteiger partial charge in [-0.2, -0.15) is 0 Å². The van der Waals surface area contributed by atoms with Crippen molar-refractivity contribution in [2.45, 2.75) is 19.3 Å². The minimum atomic E-state index is 0.549. The van der Waals surface area contributed by atoms with Crippen LogP contribution in [0, 0.1) is 0 Å². The third-order valence-corrected chi connectivity index (χ3v) is 3.56. The van der Waals surface area contributed by atoms with Crippen LogP contribution in [0.3, 0.4) is 0 Å². The molecule has 0 amide bonds. The van der Waals surface area contributed by atoms with Crippen molar-refractivity contribution >= 4 is 23.2 Å². The van der Waals surface area contributed by atoms with Crippen molar-refractivity contribution in [1.82, 2.24) is 9.97 Å². The second kappa shape index (κ2) is 6.23. The number of unbranched alkanes of at least 4 members (excludes halogenated alkanes) is 1. The first-order chi connectivity index (χ1) is 8.72. The number of rotatable bonds is 5. The number of nitrogens with zero attached hydrogens (tertiary/aromatic N) is 1. The third-order valence-electron chi connectivity index (χ3n) is 2.74. The lowest BCUT2D eigenvalue weighted by Crippen LogP contribution is -1.99. The minimum Gasteiger partial charge on any atom is -0.342 e. The zero-order chi connectivity index (χ0) is 13.0. The summed E-state index contributed by atoms with van der Waals surface area (Å²) in [5.41, 5.74) is 7.23. The second-order valence-corrected chi connectivity index (χ2v) is 4.88. The lowest BCUT2D eigenvalue weighted by Gasteiger charge is -2.02. The van der Waals surface area contributed by atoms with Gasteiger partial charge in [-0.15, -0.1) is 0 Å². The normalized spacial score (nSPS) is 10.8. The Kier molecular flexibility index (Phi) is 4.64. The molecule has 0 radical (unpaired) electrons. The minimum absolute atomic E-state index is 0.549. The Morgan fingerprint density at radius 2 is 2.06 bits per heavy atom. The van der Waals surface area contributed by atoms with Gasteiger partial charge in [0.25, 0.3) is 0 Å². The maximum absolute atomic E-state index is 6.17. The molecule has 0 fully saturated rings. The van der Waals surface area contributed by atoms with Crippen molar-refractivity contribution in [2.75, 3.05) is 6.54 Å². The van der Waals surface area contributed by atoms with Gasteiger partial charge in [-0.05, 0) is 25.5 Å². The number of nitrogens with two attached hydrogens (primary N) is 1. The van der Waals surface area contributed by atoms with Crippen LogP contribution >= 0.6 is 23.2 Å². The van der Waals surface area contributed by atoms with E-state index in [0.717, 1.165) is 36.3 Å². The van der Waals surface area contributed by atoms with E-state index in [9.17, 15) is 0 Å². The summed E-state index contributed by atoms with van der Waals surface area (Å²) >= 11 is 12.2.